The summed E-state index contributed by atoms with van der Waals surface area (Å²) in [7, 11) is 0. The molecule has 2 rings (SSSR count). The summed E-state index contributed by atoms with van der Waals surface area (Å²) in [6.07, 6.45) is 3.07. The van der Waals surface area contributed by atoms with E-state index in [0.29, 0.717) is 0 Å². The van der Waals surface area contributed by atoms with E-state index in [2.05, 4.69) is 10.3 Å². The first-order chi connectivity index (χ1) is 6.86. The van der Waals surface area contributed by atoms with Crippen molar-refractivity contribution in [2.24, 2.45) is 5.92 Å². The standard InChI is InChI=1S/C10H15N3S/c11-9-2-1-4-13-10(9)14-7-8-3-5-12-6-8/h1-2,4,8,12H,3,5-7,11H2. The van der Waals surface area contributed by atoms with Gasteiger partial charge in [-0.1, -0.05) is 0 Å². The van der Waals surface area contributed by atoms with Gasteiger partial charge in [-0.2, -0.15) is 0 Å². The van der Waals surface area contributed by atoms with Gasteiger partial charge in [0.15, 0.2) is 0 Å². The largest absolute Gasteiger partial charge is 0.397 e. The van der Waals surface area contributed by atoms with E-state index >= 15 is 0 Å². The van der Waals surface area contributed by atoms with Crippen molar-refractivity contribution >= 4 is 17.4 Å². The number of thioether (sulfide) groups is 1. The molecule has 3 nitrogen and oxygen atoms in total. The lowest BCUT2D eigenvalue weighted by Crippen LogP contribution is -2.10. The minimum absolute atomic E-state index is 0.779. The van der Waals surface area contributed by atoms with Crippen molar-refractivity contribution in [3.63, 3.8) is 0 Å². The highest BCUT2D eigenvalue weighted by molar-refractivity contribution is 7.99. The van der Waals surface area contributed by atoms with E-state index in [1.54, 1.807) is 18.0 Å². The van der Waals surface area contributed by atoms with Gasteiger partial charge in [0.1, 0.15) is 5.03 Å². The summed E-state index contributed by atoms with van der Waals surface area (Å²) in [5, 5.41) is 4.33. The van der Waals surface area contributed by atoms with E-state index in [9.17, 15) is 0 Å². The molecule has 4 heteroatoms. The molecule has 1 aliphatic heterocycles. The van der Waals surface area contributed by atoms with E-state index in [0.717, 1.165) is 35.5 Å². The zero-order chi connectivity index (χ0) is 9.80. The van der Waals surface area contributed by atoms with Gasteiger partial charge in [-0.05, 0) is 37.6 Å². The van der Waals surface area contributed by atoms with Crippen LogP contribution in [0.4, 0.5) is 5.69 Å². The lowest BCUT2D eigenvalue weighted by Gasteiger charge is -2.07. The minimum Gasteiger partial charge on any atom is -0.397 e. The van der Waals surface area contributed by atoms with Crippen molar-refractivity contribution in [1.29, 1.82) is 0 Å². The molecule has 1 fully saturated rings. The van der Waals surface area contributed by atoms with Crippen molar-refractivity contribution in [3.05, 3.63) is 18.3 Å². The monoisotopic (exact) mass is 209 g/mol. The summed E-state index contributed by atoms with van der Waals surface area (Å²) in [5.74, 6) is 1.90. The molecule has 1 aromatic heterocycles. The number of nitrogens with two attached hydrogens (primary N) is 1. The van der Waals surface area contributed by atoms with Gasteiger partial charge in [0, 0.05) is 11.9 Å². The van der Waals surface area contributed by atoms with Crippen LogP contribution in [-0.4, -0.2) is 23.8 Å². The predicted molar refractivity (Wildman–Crippen MR) is 60.4 cm³/mol. The maximum absolute atomic E-state index is 5.81. The summed E-state index contributed by atoms with van der Waals surface area (Å²) in [6.45, 7) is 2.29. The van der Waals surface area contributed by atoms with Crippen LogP contribution in [0.2, 0.25) is 0 Å². The third kappa shape index (κ3) is 2.39. The molecule has 3 N–H and O–H groups in total. The fourth-order valence-electron chi connectivity index (χ4n) is 1.58. The molecule has 0 amide bonds. The molecule has 1 saturated heterocycles. The molecule has 0 bridgehead atoms. The zero-order valence-corrected chi connectivity index (χ0v) is 8.89. The average Bonchev–Trinajstić information content (AvgIpc) is 2.69. The Labute approximate surface area is 88.5 Å². The van der Waals surface area contributed by atoms with Crippen LogP contribution in [0.3, 0.4) is 0 Å². The second kappa shape index (κ2) is 4.66. The van der Waals surface area contributed by atoms with Crippen LogP contribution in [0, 0.1) is 5.92 Å². The van der Waals surface area contributed by atoms with E-state index < -0.39 is 0 Å². The number of pyridine rings is 1. The van der Waals surface area contributed by atoms with Crippen LogP contribution >= 0.6 is 11.8 Å². The smallest absolute Gasteiger partial charge is 0.119 e. The lowest BCUT2D eigenvalue weighted by molar-refractivity contribution is 0.662. The number of hydrogen-bond donors (Lipinski definition) is 2. The van der Waals surface area contributed by atoms with Crippen molar-refractivity contribution in [1.82, 2.24) is 10.3 Å². The molecule has 0 spiro atoms. The maximum Gasteiger partial charge on any atom is 0.119 e. The number of nitrogen functional groups attached to an aromatic ring is 1. The molecule has 14 heavy (non-hydrogen) atoms. The number of rotatable bonds is 3. The Morgan fingerprint density at radius 2 is 2.57 bits per heavy atom. The molecule has 0 aromatic carbocycles. The molecule has 0 radical (unpaired) electrons. The van der Waals surface area contributed by atoms with Gasteiger partial charge in [0.2, 0.25) is 0 Å². The Hall–Kier alpha value is -0.740. The summed E-state index contributed by atoms with van der Waals surface area (Å²) in [4.78, 5) is 4.26. The van der Waals surface area contributed by atoms with E-state index in [1.165, 1.54) is 6.42 Å². The van der Waals surface area contributed by atoms with Crippen LogP contribution in [0.15, 0.2) is 23.4 Å². The SMILES string of the molecule is Nc1cccnc1SCC1CCNC1. The van der Waals surface area contributed by atoms with Gasteiger partial charge in [-0.25, -0.2) is 4.98 Å². The van der Waals surface area contributed by atoms with Gasteiger partial charge in [0.25, 0.3) is 0 Å². The quantitative estimate of drug-likeness (QED) is 0.738. The van der Waals surface area contributed by atoms with Crippen LogP contribution in [0.25, 0.3) is 0 Å². The highest BCUT2D eigenvalue weighted by Crippen LogP contribution is 2.25. The maximum atomic E-state index is 5.81. The van der Waals surface area contributed by atoms with Crippen molar-refractivity contribution in [2.45, 2.75) is 11.4 Å². The van der Waals surface area contributed by atoms with Crippen molar-refractivity contribution < 1.29 is 0 Å². The molecule has 1 unspecified atom stereocenters. The third-order valence-electron chi connectivity index (χ3n) is 2.42. The number of hydrogen-bond acceptors (Lipinski definition) is 4. The molecular weight excluding hydrogens is 194 g/mol. The van der Waals surface area contributed by atoms with E-state index in [-0.39, 0.29) is 0 Å². The Morgan fingerprint density at radius 3 is 3.29 bits per heavy atom. The second-order valence-electron chi connectivity index (χ2n) is 3.57. The number of aromatic nitrogens is 1. The summed E-state index contributed by atoms with van der Waals surface area (Å²) in [6, 6.07) is 3.78. The first kappa shape index (κ1) is 9.80. The molecule has 0 aliphatic carbocycles. The summed E-state index contributed by atoms with van der Waals surface area (Å²) < 4.78 is 0. The van der Waals surface area contributed by atoms with Crippen LogP contribution in [0.1, 0.15) is 6.42 Å². The topological polar surface area (TPSA) is 50.9 Å². The highest BCUT2D eigenvalue weighted by atomic mass is 32.2. The fourth-order valence-corrected chi connectivity index (χ4v) is 2.63. The van der Waals surface area contributed by atoms with Gasteiger partial charge >= 0.3 is 0 Å². The van der Waals surface area contributed by atoms with Crippen molar-refractivity contribution in [2.75, 3.05) is 24.6 Å². The number of anilines is 1. The van der Waals surface area contributed by atoms with Crippen LogP contribution < -0.4 is 11.1 Å². The second-order valence-corrected chi connectivity index (χ2v) is 4.58. The molecule has 1 aliphatic rings. The minimum atomic E-state index is 0.779. The van der Waals surface area contributed by atoms with Crippen molar-refractivity contribution in [3.8, 4) is 0 Å². The number of nitrogens with zero attached hydrogens (tertiary/aromatic N) is 1. The van der Waals surface area contributed by atoms with Gasteiger partial charge in [0.05, 0.1) is 5.69 Å². The molecule has 2 heterocycles. The van der Waals surface area contributed by atoms with E-state index in [4.69, 9.17) is 5.73 Å². The Balaban J connectivity index is 1.88. The van der Waals surface area contributed by atoms with Crippen LogP contribution in [-0.2, 0) is 0 Å². The highest BCUT2D eigenvalue weighted by Gasteiger charge is 2.15. The Kier molecular flexibility index (Phi) is 3.26. The van der Waals surface area contributed by atoms with Crippen LogP contribution in [0.5, 0.6) is 0 Å². The normalized spacial score (nSPS) is 21.3. The first-order valence-electron chi connectivity index (χ1n) is 4.90. The first-order valence-corrected chi connectivity index (χ1v) is 5.89. The summed E-state index contributed by atoms with van der Waals surface area (Å²) >= 11 is 1.77. The summed E-state index contributed by atoms with van der Waals surface area (Å²) in [5.41, 5.74) is 6.60. The predicted octanol–water partition coefficient (Wildman–Crippen LogP) is 1.37. The molecule has 1 aromatic rings. The molecular formula is C10H15N3S. The Morgan fingerprint density at radius 1 is 1.64 bits per heavy atom. The van der Waals surface area contributed by atoms with Gasteiger partial charge < -0.3 is 11.1 Å². The average molecular weight is 209 g/mol. The number of nitrogens with one attached hydrogen (secondary N) is 1. The lowest BCUT2D eigenvalue weighted by atomic mass is 10.2. The molecule has 1 atom stereocenters. The fraction of sp³-hybridized carbons (Fsp3) is 0.500. The molecule has 76 valence electrons. The zero-order valence-electron chi connectivity index (χ0n) is 8.07. The third-order valence-corrected chi connectivity index (χ3v) is 3.67. The van der Waals surface area contributed by atoms with E-state index in [1.807, 2.05) is 12.1 Å². The molecule has 0 saturated carbocycles. The Bertz CT molecular complexity index is 297. The van der Waals surface area contributed by atoms with Gasteiger partial charge in [-0.15, -0.1) is 11.8 Å². The van der Waals surface area contributed by atoms with Gasteiger partial charge in [-0.3, -0.25) is 0 Å².